The van der Waals surface area contributed by atoms with E-state index in [0.29, 0.717) is 33.8 Å². The second-order valence-electron chi connectivity index (χ2n) is 9.57. The molecule has 204 valence electrons. The van der Waals surface area contributed by atoms with Crippen molar-refractivity contribution in [3.8, 4) is 11.1 Å². The van der Waals surface area contributed by atoms with Crippen LogP contribution in [0.1, 0.15) is 51.1 Å². The number of carboxylic acid groups (broad SMARTS) is 1. The quantitative estimate of drug-likeness (QED) is 0.217. The van der Waals surface area contributed by atoms with E-state index in [1.807, 2.05) is 79.7 Å². The van der Waals surface area contributed by atoms with Crippen molar-refractivity contribution in [2.45, 2.75) is 25.8 Å². The normalized spacial score (nSPS) is 11.4. The summed E-state index contributed by atoms with van der Waals surface area (Å²) in [6.45, 7) is 2.69. The zero-order valence-corrected chi connectivity index (χ0v) is 23.0. The van der Waals surface area contributed by atoms with Gasteiger partial charge in [-0.15, -0.1) is 0 Å². The standard InChI is InChI=1S/C33H31ClN2O4/c1-23(24-11-3-2-4-12-24)22-36(20-19-31(37)38)33(40)29-17-9-7-15-27(29)26-14-6-8-16-28(26)32(39)35-21-25-13-5-10-18-30(25)34/h2-18,23H,19-22H2,1H3,(H,35,39)(H,37,38). The summed E-state index contributed by atoms with van der Waals surface area (Å²) in [5.74, 6) is -1.56. The van der Waals surface area contributed by atoms with Gasteiger partial charge in [-0.3, -0.25) is 14.4 Å². The first-order valence-corrected chi connectivity index (χ1v) is 13.5. The largest absolute Gasteiger partial charge is 0.481 e. The number of nitrogens with zero attached hydrogens (tertiary/aromatic N) is 1. The van der Waals surface area contributed by atoms with Crippen molar-refractivity contribution in [3.05, 3.63) is 130 Å². The summed E-state index contributed by atoms with van der Waals surface area (Å²) in [6, 6.07) is 31.4. The molecule has 2 N–H and O–H groups in total. The second-order valence-corrected chi connectivity index (χ2v) is 9.98. The predicted octanol–water partition coefficient (Wildman–Crippen LogP) is 6.66. The molecule has 4 aromatic carbocycles. The monoisotopic (exact) mass is 554 g/mol. The summed E-state index contributed by atoms with van der Waals surface area (Å²) in [7, 11) is 0. The molecule has 6 nitrogen and oxygen atoms in total. The molecular formula is C33H31ClN2O4. The van der Waals surface area contributed by atoms with E-state index in [1.165, 1.54) is 0 Å². The minimum Gasteiger partial charge on any atom is -0.481 e. The van der Waals surface area contributed by atoms with E-state index in [4.69, 9.17) is 11.6 Å². The lowest BCUT2D eigenvalue weighted by atomic mass is 9.93. The van der Waals surface area contributed by atoms with E-state index in [2.05, 4.69) is 5.32 Å². The van der Waals surface area contributed by atoms with Crippen molar-refractivity contribution in [1.82, 2.24) is 10.2 Å². The molecule has 4 rings (SSSR count). The minimum absolute atomic E-state index is 0.00557. The lowest BCUT2D eigenvalue weighted by Gasteiger charge is -2.27. The minimum atomic E-state index is -0.973. The smallest absolute Gasteiger partial charge is 0.305 e. The number of hydrogen-bond donors (Lipinski definition) is 2. The molecule has 0 spiro atoms. The van der Waals surface area contributed by atoms with Crippen LogP contribution in [0.2, 0.25) is 5.02 Å². The van der Waals surface area contributed by atoms with Gasteiger partial charge in [-0.25, -0.2) is 0 Å². The van der Waals surface area contributed by atoms with Crippen molar-refractivity contribution < 1.29 is 19.5 Å². The molecule has 2 amide bonds. The van der Waals surface area contributed by atoms with Crippen molar-refractivity contribution in [1.29, 1.82) is 0 Å². The fourth-order valence-corrected chi connectivity index (χ4v) is 4.83. The Bertz CT molecular complexity index is 1490. The maximum Gasteiger partial charge on any atom is 0.305 e. The van der Waals surface area contributed by atoms with Crippen LogP contribution < -0.4 is 5.32 Å². The number of benzene rings is 4. The fourth-order valence-electron chi connectivity index (χ4n) is 4.63. The average molecular weight is 555 g/mol. The SMILES string of the molecule is CC(CN(CCC(=O)O)C(=O)c1ccccc1-c1ccccc1C(=O)NCc1ccccc1Cl)c1ccccc1. The van der Waals surface area contributed by atoms with Crippen molar-refractivity contribution >= 4 is 29.4 Å². The zero-order chi connectivity index (χ0) is 28.5. The Morgan fingerprint density at radius 1 is 0.800 bits per heavy atom. The number of halogens is 1. The lowest BCUT2D eigenvalue weighted by molar-refractivity contribution is -0.137. The van der Waals surface area contributed by atoms with Crippen molar-refractivity contribution in [2.75, 3.05) is 13.1 Å². The third-order valence-electron chi connectivity index (χ3n) is 6.76. The number of rotatable bonds is 11. The molecule has 0 aromatic heterocycles. The van der Waals surface area contributed by atoms with Crippen LogP contribution in [-0.4, -0.2) is 40.9 Å². The number of hydrogen-bond acceptors (Lipinski definition) is 3. The first kappa shape index (κ1) is 28.6. The molecule has 0 saturated heterocycles. The van der Waals surface area contributed by atoms with Gasteiger partial charge in [0, 0.05) is 35.8 Å². The summed E-state index contributed by atoms with van der Waals surface area (Å²) in [6.07, 6.45) is -0.170. The van der Waals surface area contributed by atoms with Crippen LogP contribution in [0.4, 0.5) is 0 Å². The van der Waals surface area contributed by atoms with E-state index in [1.54, 1.807) is 35.2 Å². The van der Waals surface area contributed by atoms with Crippen LogP contribution in [0.5, 0.6) is 0 Å². The highest BCUT2D eigenvalue weighted by molar-refractivity contribution is 6.31. The second kappa shape index (κ2) is 13.6. The summed E-state index contributed by atoms with van der Waals surface area (Å²) in [5, 5.41) is 12.9. The van der Waals surface area contributed by atoms with E-state index in [9.17, 15) is 19.5 Å². The first-order valence-electron chi connectivity index (χ1n) is 13.1. The Morgan fingerprint density at radius 3 is 2.05 bits per heavy atom. The number of carbonyl (C=O) groups excluding carboxylic acids is 2. The zero-order valence-electron chi connectivity index (χ0n) is 22.2. The van der Waals surface area contributed by atoms with E-state index < -0.39 is 5.97 Å². The Kier molecular flexibility index (Phi) is 9.71. The van der Waals surface area contributed by atoms with Gasteiger partial charge in [0.2, 0.25) is 0 Å². The molecule has 0 saturated carbocycles. The summed E-state index contributed by atoms with van der Waals surface area (Å²) < 4.78 is 0. The molecule has 40 heavy (non-hydrogen) atoms. The number of nitrogens with one attached hydrogen (secondary N) is 1. The molecule has 0 aliphatic heterocycles. The number of aliphatic carboxylic acids is 1. The molecule has 0 heterocycles. The summed E-state index contributed by atoms with van der Waals surface area (Å²) in [5.41, 5.74) is 3.89. The average Bonchev–Trinajstić information content (AvgIpc) is 2.98. The third-order valence-corrected chi connectivity index (χ3v) is 7.13. The molecule has 7 heteroatoms. The van der Waals surface area contributed by atoms with E-state index >= 15 is 0 Å². The van der Waals surface area contributed by atoms with Gasteiger partial charge in [-0.2, -0.15) is 0 Å². The highest BCUT2D eigenvalue weighted by Crippen LogP contribution is 2.29. The van der Waals surface area contributed by atoms with Crippen LogP contribution >= 0.6 is 11.6 Å². The maximum atomic E-state index is 14.0. The van der Waals surface area contributed by atoms with Gasteiger partial charge in [-0.05, 0) is 46.4 Å². The van der Waals surface area contributed by atoms with Crippen molar-refractivity contribution in [2.24, 2.45) is 0 Å². The number of carbonyl (C=O) groups is 3. The van der Waals surface area contributed by atoms with E-state index in [0.717, 1.165) is 11.1 Å². The van der Waals surface area contributed by atoms with Crippen LogP contribution in [0.15, 0.2) is 103 Å². The van der Waals surface area contributed by atoms with Gasteiger partial charge in [0.15, 0.2) is 0 Å². The van der Waals surface area contributed by atoms with Gasteiger partial charge in [0.25, 0.3) is 11.8 Å². The highest BCUT2D eigenvalue weighted by Gasteiger charge is 2.24. The lowest BCUT2D eigenvalue weighted by Crippen LogP contribution is -2.36. The summed E-state index contributed by atoms with van der Waals surface area (Å²) in [4.78, 5) is 40.3. The van der Waals surface area contributed by atoms with Crippen LogP contribution in [0.25, 0.3) is 11.1 Å². The van der Waals surface area contributed by atoms with Crippen LogP contribution in [0.3, 0.4) is 0 Å². The third kappa shape index (κ3) is 7.16. The maximum absolute atomic E-state index is 14.0. The van der Waals surface area contributed by atoms with Crippen LogP contribution in [-0.2, 0) is 11.3 Å². The van der Waals surface area contributed by atoms with Crippen molar-refractivity contribution in [3.63, 3.8) is 0 Å². The summed E-state index contributed by atoms with van der Waals surface area (Å²) >= 11 is 6.26. The van der Waals surface area contributed by atoms with Crippen LogP contribution in [0, 0.1) is 0 Å². The number of carboxylic acids is 1. The molecule has 0 radical (unpaired) electrons. The first-order chi connectivity index (χ1) is 19.3. The molecule has 1 unspecified atom stereocenters. The van der Waals surface area contributed by atoms with Gasteiger partial charge in [0.05, 0.1) is 6.42 Å². The fraction of sp³-hybridized carbons (Fsp3) is 0.182. The molecular weight excluding hydrogens is 524 g/mol. The Morgan fingerprint density at radius 2 is 1.38 bits per heavy atom. The predicted molar refractivity (Wildman–Crippen MR) is 158 cm³/mol. The Hall–Kier alpha value is -4.42. The topological polar surface area (TPSA) is 86.7 Å². The van der Waals surface area contributed by atoms with E-state index in [-0.39, 0.29) is 37.2 Å². The Labute approximate surface area is 239 Å². The van der Waals surface area contributed by atoms with Gasteiger partial charge in [-0.1, -0.05) is 103 Å². The molecule has 0 aliphatic rings. The molecule has 0 fully saturated rings. The Balaban J connectivity index is 1.63. The molecule has 1 atom stereocenters. The molecule has 4 aromatic rings. The van der Waals surface area contributed by atoms with Gasteiger partial charge < -0.3 is 15.3 Å². The number of amides is 2. The van der Waals surface area contributed by atoms with Gasteiger partial charge >= 0.3 is 5.97 Å². The molecule has 0 bridgehead atoms. The molecule has 0 aliphatic carbocycles. The highest BCUT2D eigenvalue weighted by atomic mass is 35.5. The van der Waals surface area contributed by atoms with Gasteiger partial charge in [0.1, 0.15) is 0 Å².